The summed E-state index contributed by atoms with van der Waals surface area (Å²) in [5.41, 5.74) is 7.11. The van der Waals surface area contributed by atoms with E-state index in [-0.39, 0.29) is 5.97 Å². The molecule has 0 spiro atoms. The molecule has 1 saturated carbocycles. The van der Waals surface area contributed by atoms with Crippen LogP contribution in [-0.2, 0) is 4.74 Å². The third-order valence-electron chi connectivity index (χ3n) is 2.87. The molecule has 0 atom stereocenters. The monoisotopic (exact) mass is 220 g/mol. The van der Waals surface area contributed by atoms with E-state index in [0.29, 0.717) is 17.6 Å². The molecule has 4 heteroatoms. The largest absolute Gasteiger partial charge is 0.465 e. The van der Waals surface area contributed by atoms with Gasteiger partial charge >= 0.3 is 5.97 Å². The highest BCUT2D eigenvalue weighted by atomic mass is 16.5. The summed E-state index contributed by atoms with van der Waals surface area (Å²) in [6.45, 7) is 0. The second kappa shape index (κ2) is 4.53. The number of methoxy groups -OCH3 is 1. The zero-order valence-electron chi connectivity index (χ0n) is 9.27. The first-order chi connectivity index (χ1) is 7.70. The Bertz CT molecular complexity index is 386. The van der Waals surface area contributed by atoms with E-state index in [9.17, 15) is 4.79 Å². The van der Waals surface area contributed by atoms with Crippen LogP contribution in [0.1, 0.15) is 23.2 Å². The van der Waals surface area contributed by atoms with Crippen LogP contribution in [0, 0.1) is 0 Å². The van der Waals surface area contributed by atoms with Crippen molar-refractivity contribution < 1.29 is 9.53 Å². The van der Waals surface area contributed by atoms with E-state index in [1.54, 1.807) is 6.07 Å². The fraction of sp³-hybridized carbons (Fsp3) is 0.417. The minimum atomic E-state index is -0.313. The maximum Gasteiger partial charge on any atom is 0.339 e. The number of para-hydroxylation sites is 1. The van der Waals surface area contributed by atoms with Gasteiger partial charge in [-0.1, -0.05) is 12.1 Å². The number of esters is 1. The lowest BCUT2D eigenvalue weighted by Crippen LogP contribution is -2.44. The maximum absolute atomic E-state index is 11.5. The van der Waals surface area contributed by atoms with Crippen LogP contribution in [0.3, 0.4) is 0 Å². The molecule has 1 aromatic carbocycles. The summed E-state index contributed by atoms with van der Waals surface area (Å²) in [6, 6.07) is 8.03. The second-order valence-corrected chi connectivity index (χ2v) is 4.11. The van der Waals surface area contributed by atoms with Gasteiger partial charge in [-0.2, -0.15) is 0 Å². The number of benzene rings is 1. The number of carbonyl (C=O) groups excluding carboxylic acids is 1. The molecule has 1 aromatic rings. The number of anilines is 1. The number of carbonyl (C=O) groups is 1. The van der Waals surface area contributed by atoms with Gasteiger partial charge in [-0.15, -0.1) is 0 Å². The zero-order valence-corrected chi connectivity index (χ0v) is 9.27. The van der Waals surface area contributed by atoms with Gasteiger partial charge in [0.05, 0.1) is 12.7 Å². The number of hydrogen-bond donors (Lipinski definition) is 2. The third-order valence-corrected chi connectivity index (χ3v) is 2.87. The minimum absolute atomic E-state index is 0.294. The van der Waals surface area contributed by atoms with Gasteiger partial charge in [-0.3, -0.25) is 0 Å². The molecule has 1 fully saturated rings. The van der Waals surface area contributed by atoms with E-state index < -0.39 is 0 Å². The van der Waals surface area contributed by atoms with Gasteiger partial charge < -0.3 is 15.8 Å². The van der Waals surface area contributed by atoms with E-state index in [4.69, 9.17) is 10.5 Å². The van der Waals surface area contributed by atoms with E-state index in [2.05, 4.69) is 5.32 Å². The van der Waals surface area contributed by atoms with Gasteiger partial charge in [0.1, 0.15) is 0 Å². The van der Waals surface area contributed by atoms with Crippen LogP contribution in [0.15, 0.2) is 24.3 Å². The van der Waals surface area contributed by atoms with Gasteiger partial charge in [0, 0.05) is 17.8 Å². The highest BCUT2D eigenvalue weighted by Crippen LogP contribution is 2.25. The Morgan fingerprint density at radius 1 is 1.44 bits per heavy atom. The van der Waals surface area contributed by atoms with Crippen LogP contribution in [0.5, 0.6) is 0 Å². The van der Waals surface area contributed by atoms with Crippen molar-refractivity contribution >= 4 is 11.7 Å². The molecule has 16 heavy (non-hydrogen) atoms. The Hall–Kier alpha value is -1.55. The average molecular weight is 220 g/mol. The fourth-order valence-electron chi connectivity index (χ4n) is 1.90. The summed E-state index contributed by atoms with van der Waals surface area (Å²) in [7, 11) is 1.39. The van der Waals surface area contributed by atoms with Crippen LogP contribution in [0.25, 0.3) is 0 Å². The SMILES string of the molecule is COC(=O)c1ccccc1NC1CC(N)C1. The van der Waals surface area contributed by atoms with Gasteiger partial charge in [-0.05, 0) is 25.0 Å². The smallest absolute Gasteiger partial charge is 0.339 e. The molecule has 0 heterocycles. The molecule has 0 saturated heterocycles. The normalized spacial score (nSPS) is 23.4. The summed E-state index contributed by atoms with van der Waals surface area (Å²) in [5, 5.41) is 3.31. The molecule has 2 rings (SSSR count). The summed E-state index contributed by atoms with van der Waals surface area (Å²) < 4.78 is 4.73. The molecule has 0 bridgehead atoms. The summed E-state index contributed by atoms with van der Waals surface area (Å²) in [5.74, 6) is -0.313. The molecule has 0 radical (unpaired) electrons. The second-order valence-electron chi connectivity index (χ2n) is 4.11. The van der Waals surface area contributed by atoms with Gasteiger partial charge in [0.15, 0.2) is 0 Å². The molecule has 3 N–H and O–H groups in total. The highest BCUT2D eigenvalue weighted by Gasteiger charge is 2.26. The van der Waals surface area contributed by atoms with Crippen molar-refractivity contribution in [3.8, 4) is 0 Å². The first-order valence-electron chi connectivity index (χ1n) is 5.40. The Kier molecular flexibility index (Phi) is 3.10. The van der Waals surface area contributed by atoms with Gasteiger partial charge in [0.2, 0.25) is 0 Å². The molecule has 0 unspecified atom stereocenters. The summed E-state index contributed by atoms with van der Waals surface area (Å²) >= 11 is 0. The quantitative estimate of drug-likeness (QED) is 0.755. The number of ether oxygens (including phenoxy) is 1. The van der Waals surface area contributed by atoms with Gasteiger partial charge in [0.25, 0.3) is 0 Å². The number of hydrogen-bond acceptors (Lipinski definition) is 4. The van der Waals surface area contributed by atoms with Crippen molar-refractivity contribution in [2.24, 2.45) is 5.73 Å². The highest BCUT2D eigenvalue weighted by molar-refractivity contribution is 5.95. The molecule has 86 valence electrons. The van der Waals surface area contributed by atoms with E-state index in [0.717, 1.165) is 18.5 Å². The predicted molar refractivity (Wildman–Crippen MR) is 62.4 cm³/mol. The molecular weight excluding hydrogens is 204 g/mol. The van der Waals surface area contributed by atoms with E-state index >= 15 is 0 Å². The average Bonchev–Trinajstić information content (AvgIpc) is 2.27. The molecule has 0 aromatic heterocycles. The van der Waals surface area contributed by atoms with E-state index in [1.165, 1.54) is 7.11 Å². The Balaban J connectivity index is 2.10. The fourth-order valence-corrected chi connectivity index (χ4v) is 1.90. The lowest BCUT2D eigenvalue weighted by atomic mass is 9.87. The predicted octanol–water partition coefficient (Wildman–Crippen LogP) is 1.37. The van der Waals surface area contributed by atoms with Crippen LogP contribution in [-0.4, -0.2) is 25.2 Å². The molecule has 1 aliphatic rings. The third kappa shape index (κ3) is 2.17. The van der Waals surface area contributed by atoms with Crippen molar-refractivity contribution in [3.63, 3.8) is 0 Å². The minimum Gasteiger partial charge on any atom is -0.465 e. The lowest BCUT2D eigenvalue weighted by Gasteiger charge is -2.34. The number of nitrogens with one attached hydrogen (secondary N) is 1. The topological polar surface area (TPSA) is 64.3 Å². The zero-order chi connectivity index (χ0) is 11.5. The van der Waals surface area contributed by atoms with Crippen molar-refractivity contribution in [2.75, 3.05) is 12.4 Å². The molecule has 0 aliphatic heterocycles. The first kappa shape index (κ1) is 11.0. The first-order valence-corrected chi connectivity index (χ1v) is 5.40. The summed E-state index contributed by atoms with van der Waals surface area (Å²) in [4.78, 5) is 11.5. The Labute approximate surface area is 94.8 Å². The Morgan fingerprint density at radius 2 is 2.12 bits per heavy atom. The molecule has 0 amide bonds. The van der Waals surface area contributed by atoms with Crippen LogP contribution >= 0.6 is 0 Å². The van der Waals surface area contributed by atoms with E-state index in [1.807, 2.05) is 18.2 Å². The van der Waals surface area contributed by atoms with Gasteiger partial charge in [-0.25, -0.2) is 4.79 Å². The number of rotatable bonds is 3. The van der Waals surface area contributed by atoms with Crippen LogP contribution in [0.4, 0.5) is 5.69 Å². The van der Waals surface area contributed by atoms with Crippen LogP contribution in [0.2, 0.25) is 0 Å². The lowest BCUT2D eigenvalue weighted by molar-refractivity contribution is 0.0601. The number of nitrogens with two attached hydrogens (primary N) is 1. The van der Waals surface area contributed by atoms with Crippen molar-refractivity contribution in [2.45, 2.75) is 24.9 Å². The Morgan fingerprint density at radius 3 is 2.75 bits per heavy atom. The maximum atomic E-state index is 11.5. The van der Waals surface area contributed by atoms with Crippen LogP contribution < -0.4 is 11.1 Å². The summed E-state index contributed by atoms with van der Waals surface area (Å²) in [6.07, 6.45) is 1.91. The molecule has 4 nitrogen and oxygen atoms in total. The van der Waals surface area contributed by atoms with Crippen molar-refractivity contribution in [3.05, 3.63) is 29.8 Å². The molecular formula is C12H16N2O2. The molecule has 1 aliphatic carbocycles. The van der Waals surface area contributed by atoms with Crippen molar-refractivity contribution in [1.82, 2.24) is 0 Å². The standard InChI is InChI=1S/C12H16N2O2/c1-16-12(15)10-4-2-3-5-11(10)14-9-6-8(13)7-9/h2-5,8-9,14H,6-7,13H2,1H3. The van der Waals surface area contributed by atoms with Crippen molar-refractivity contribution in [1.29, 1.82) is 0 Å².